The Morgan fingerprint density at radius 1 is 1.56 bits per heavy atom. The predicted octanol–water partition coefficient (Wildman–Crippen LogP) is 0.999. The lowest BCUT2D eigenvalue weighted by Crippen LogP contribution is -2.29. The van der Waals surface area contributed by atoms with Gasteiger partial charge in [-0.25, -0.2) is 4.68 Å². The molecule has 6 heteroatoms. The summed E-state index contributed by atoms with van der Waals surface area (Å²) in [6.45, 7) is 4.13. The van der Waals surface area contributed by atoms with Crippen LogP contribution >= 0.6 is 15.9 Å². The van der Waals surface area contributed by atoms with Gasteiger partial charge in [-0.2, -0.15) is 5.10 Å². The molecule has 0 spiro atoms. The maximum atomic E-state index is 11.9. The molecule has 0 amide bonds. The van der Waals surface area contributed by atoms with Gasteiger partial charge in [0.1, 0.15) is 4.47 Å². The first-order chi connectivity index (χ1) is 7.56. The van der Waals surface area contributed by atoms with Crippen LogP contribution in [-0.2, 0) is 6.54 Å². The smallest absolute Gasteiger partial charge is 0.283 e. The SMILES string of the molecule is CCNc1cnn(CCN(C)C)c(=O)c1Br. The molecule has 1 heterocycles. The van der Waals surface area contributed by atoms with Gasteiger partial charge in [-0.3, -0.25) is 4.79 Å². The summed E-state index contributed by atoms with van der Waals surface area (Å²) >= 11 is 3.29. The minimum atomic E-state index is -0.0969. The Bertz CT molecular complexity index is 402. The summed E-state index contributed by atoms with van der Waals surface area (Å²) in [5.74, 6) is 0. The molecule has 5 nitrogen and oxygen atoms in total. The molecule has 0 aromatic carbocycles. The van der Waals surface area contributed by atoms with Crippen LogP contribution in [0.5, 0.6) is 0 Å². The third-order valence-corrected chi connectivity index (χ3v) is 2.88. The van der Waals surface area contributed by atoms with Gasteiger partial charge in [-0.15, -0.1) is 0 Å². The van der Waals surface area contributed by atoms with E-state index in [1.807, 2.05) is 25.9 Å². The van der Waals surface area contributed by atoms with Crippen molar-refractivity contribution >= 4 is 21.6 Å². The molecular weight excluding hydrogens is 272 g/mol. The lowest BCUT2D eigenvalue weighted by molar-refractivity contribution is 0.367. The van der Waals surface area contributed by atoms with E-state index in [0.717, 1.165) is 18.8 Å². The first-order valence-electron chi connectivity index (χ1n) is 5.20. The Kier molecular flexibility index (Phi) is 4.95. The van der Waals surface area contributed by atoms with E-state index in [-0.39, 0.29) is 5.56 Å². The number of rotatable bonds is 5. The zero-order valence-corrected chi connectivity index (χ0v) is 11.4. The van der Waals surface area contributed by atoms with Gasteiger partial charge in [0.25, 0.3) is 5.56 Å². The molecule has 90 valence electrons. The first-order valence-corrected chi connectivity index (χ1v) is 5.99. The number of anilines is 1. The standard InChI is InChI=1S/C10H17BrN4O/c1-4-12-8-7-13-15(6-5-14(2)3)10(16)9(8)11/h7,12H,4-6H2,1-3H3. The number of nitrogens with one attached hydrogen (secondary N) is 1. The largest absolute Gasteiger partial charge is 0.383 e. The fraction of sp³-hybridized carbons (Fsp3) is 0.600. The topological polar surface area (TPSA) is 50.2 Å². The molecule has 0 bridgehead atoms. The lowest BCUT2D eigenvalue weighted by atomic mass is 10.4. The van der Waals surface area contributed by atoms with Gasteiger partial charge in [0.2, 0.25) is 0 Å². The van der Waals surface area contributed by atoms with Crippen molar-refractivity contribution in [2.75, 3.05) is 32.5 Å². The van der Waals surface area contributed by atoms with Gasteiger partial charge in [-0.05, 0) is 36.9 Å². The van der Waals surface area contributed by atoms with Crippen LogP contribution in [0.1, 0.15) is 6.92 Å². The van der Waals surface area contributed by atoms with Crippen molar-refractivity contribution < 1.29 is 0 Å². The highest BCUT2D eigenvalue weighted by Gasteiger charge is 2.07. The van der Waals surface area contributed by atoms with Crippen molar-refractivity contribution in [1.82, 2.24) is 14.7 Å². The van der Waals surface area contributed by atoms with Crippen LogP contribution in [0.4, 0.5) is 5.69 Å². The molecule has 0 aliphatic rings. The van der Waals surface area contributed by atoms with Gasteiger partial charge in [-0.1, -0.05) is 0 Å². The molecule has 0 aliphatic carbocycles. The molecule has 1 aromatic rings. The molecular formula is C10H17BrN4O. The van der Waals surface area contributed by atoms with E-state index < -0.39 is 0 Å². The fourth-order valence-electron chi connectivity index (χ4n) is 1.23. The molecule has 16 heavy (non-hydrogen) atoms. The Morgan fingerprint density at radius 3 is 2.81 bits per heavy atom. The van der Waals surface area contributed by atoms with Crippen molar-refractivity contribution in [2.45, 2.75) is 13.5 Å². The maximum Gasteiger partial charge on any atom is 0.283 e. The lowest BCUT2D eigenvalue weighted by Gasteiger charge is -2.12. The Balaban J connectivity index is 2.89. The van der Waals surface area contributed by atoms with Crippen LogP contribution in [0.3, 0.4) is 0 Å². The summed E-state index contributed by atoms with van der Waals surface area (Å²) < 4.78 is 2.01. The van der Waals surface area contributed by atoms with E-state index in [9.17, 15) is 4.79 Å². The van der Waals surface area contributed by atoms with Crippen molar-refractivity contribution in [3.05, 3.63) is 21.0 Å². The van der Waals surface area contributed by atoms with Gasteiger partial charge in [0, 0.05) is 13.1 Å². The number of aromatic nitrogens is 2. The minimum absolute atomic E-state index is 0.0969. The van der Waals surface area contributed by atoms with Crippen molar-refractivity contribution in [3.8, 4) is 0 Å². The van der Waals surface area contributed by atoms with Crippen LogP contribution in [0, 0.1) is 0 Å². The molecule has 1 rings (SSSR count). The third kappa shape index (κ3) is 3.31. The van der Waals surface area contributed by atoms with E-state index in [2.05, 4.69) is 26.3 Å². The molecule has 0 saturated heterocycles. The second-order valence-electron chi connectivity index (χ2n) is 3.73. The molecule has 0 fully saturated rings. The minimum Gasteiger partial charge on any atom is -0.383 e. The highest BCUT2D eigenvalue weighted by atomic mass is 79.9. The van der Waals surface area contributed by atoms with E-state index >= 15 is 0 Å². The second kappa shape index (κ2) is 6.00. The van der Waals surface area contributed by atoms with E-state index in [1.165, 1.54) is 4.68 Å². The summed E-state index contributed by atoms with van der Waals surface area (Å²) in [5, 5.41) is 7.19. The van der Waals surface area contributed by atoms with E-state index in [1.54, 1.807) is 6.20 Å². The number of likely N-dealkylation sites (N-methyl/N-ethyl adjacent to an activating group) is 1. The second-order valence-corrected chi connectivity index (χ2v) is 4.53. The van der Waals surface area contributed by atoms with Crippen molar-refractivity contribution in [3.63, 3.8) is 0 Å². The molecule has 1 aromatic heterocycles. The summed E-state index contributed by atoms with van der Waals surface area (Å²) in [6, 6.07) is 0. The summed E-state index contributed by atoms with van der Waals surface area (Å²) in [4.78, 5) is 13.9. The monoisotopic (exact) mass is 288 g/mol. The summed E-state index contributed by atoms with van der Waals surface area (Å²) in [5.41, 5.74) is 0.647. The van der Waals surface area contributed by atoms with E-state index in [0.29, 0.717) is 11.0 Å². The highest BCUT2D eigenvalue weighted by Crippen LogP contribution is 2.15. The molecule has 0 aliphatic heterocycles. The molecule has 0 unspecified atom stereocenters. The number of hydrogen-bond acceptors (Lipinski definition) is 4. The third-order valence-electron chi connectivity index (χ3n) is 2.11. The predicted molar refractivity (Wildman–Crippen MR) is 68.9 cm³/mol. The summed E-state index contributed by atoms with van der Waals surface area (Å²) in [7, 11) is 3.93. The van der Waals surface area contributed by atoms with E-state index in [4.69, 9.17) is 0 Å². The molecule has 1 N–H and O–H groups in total. The van der Waals surface area contributed by atoms with Crippen LogP contribution in [-0.4, -0.2) is 41.9 Å². The van der Waals surface area contributed by atoms with Crippen LogP contribution in [0.15, 0.2) is 15.5 Å². The Hall–Kier alpha value is -0.880. The van der Waals surface area contributed by atoms with Gasteiger partial charge < -0.3 is 10.2 Å². The molecule has 0 atom stereocenters. The van der Waals surface area contributed by atoms with Crippen LogP contribution < -0.4 is 10.9 Å². The average molecular weight is 289 g/mol. The van der Waals surface area contributed by atoms with Gasteiger partial charge in [0.15, 0.2) is 0 Å². The quantitative estimate of drug-likeness (QED) is 0.878. The maximum absolute atomic E-state index is 11.9. The van der Waals surface area contributed by atoms with Crippen molar-refractivity contribution in [2.24, 2.45) is 0 Å². The number of hydrogen-bond donors (Lipinski definition) is 1. The average Bonchev–Trinajstić information content (AvgIpc) is 2.24. The fourth-order valence-corrected chi connectivity index (χ4v) is 1.68. The van der Waals surface area contributed by atoms with Gasteiger partial charge >= 0.3 is 0 Å². The van der Waals surface area contributed by atoms with Crippen LogP contribution in [0.25, 0.3) is 0 Å². The Labute approximate surface area is 104 Å². The van der Waals surface area contributed by atoms with Gasteiger partial charge in [0.05, 0.1) is 18.4 Å². The van der Waals surface area contributed by atoms with Crippen molar-refractivity contribution in [1.29, 1.82) is 0 Å². The molecule has 0 saturated carbocycles. The summed E-state index contributed by atoms with van der Waals surface area (Å²) in [6.07, 6.45) is 1.67. The zero-order valence-electron chi connectivity index (χ0n) is 9.83. The highest BCUT2D eigenvalue weighted by molar-refractivity contribution is 9.10. The normalized spacial score (nSPS) is 10.8. The Morgan fingerprint density at radius 2 is 2.25 bits per heavy atom. The molecule has 0 radical (unpaired) electrons. The number of nitrogens with zero attached hydrogens (tertiary/aromatic N) is 3. The zero-order chi connectivity index (χ0) is 12.1. The first kappa shape index (κ1) is 13.2. The number of halogens is 1. The van der Waals surface area contributed by atoms with Crippen LogP contribution in [0.2, 0.25) is 0 Å².